The Morgan fingerprint density at radius 2 is 1.71 bits per heavy atom. The van der Waals surface area contributed by atoms with Crippen molar-refractivity contribution in [2.24, 2.45) is 5.73 Å². The van der Waals surface area contributed by atoms with E-state index in [0.29, 0.717) is 43.2 Å². The zero-order valence-electron chi connectivity index (χ0n) is 34.2. The first-order chi connectivity index (χ1) is 30.4. The van der Waals surface area contributed by atoms with Crippen LogP contribution in [0.1, 0.15) is 93.8 Å². The number of para-hydroxylation sites is 1. The third-order valence-corrected chi connectivity index (χ3v) is 13.3. The molecule has 1 spiro atoms. The lowest BCUT2D eigenvalue weighted by Gasteiger charge is -2.53. The van der Waals surface area contributed by atoms with Crippen LogP contribution < -0.4 is 36.1 Å². The summed E-state index contributed by atoms with van der Waals surface area (Å²) in [6, 6.07) is 14.4. The molecule has 6 aliphatic rings. The molecular formula is C45H51N5O13. The van der Waals surface area contributed by atoms with Gasteiger partial charge < -0.3 is 59.5 Å². The van der Waals surface area contributed by atoms with Crippen LogP contribution in [-0.2, 0) is 19.1 Å². The van der Waals surface area contributed by atoms with E-state index in [0.717, 1.165) is 6.42 Å². The Balaban J connectivity index is 1.32. The lowest BCUT2D eigenvalue weighted by molar-refractivity contribution is -0.345. The second kappa shape index (κ2) is 17.0. The first kappa shape index (κ1) is 43.0. The summed E-state index contributed by atoms with van der Waals surface area (Å²) in [6.45, 7) is -1.01. The van der Waals surface area contributed by atoms with Gasteiger partial charge in [0.15, 0.2) is 28.7 Å². The highest BCUT2D eigenvalue weighted by Gasteiger charge is 2.62. The van der Waals surface area contributed by atoms with Crippen LogP contribution in [0.25, 0.3) is 0 Å². The molecule has 0 aromatic heterocycles. The van der Waals surface area contributed by atoms with Gasteiger partial charge in [-0.15, -0.1) is 0 Å². The van der Waals surface area contributed by atoms with E-state index in [2.05, 4.69) is 16.0 Å². The van der Waals surface area contributed by atoms with Gasteiger partial charge >= 0.3 is 0 Å². The van der Waals surface area contributed by atoms with Crippen LogP contribution in [0.3, 0.4) is 0 Å². The number of allylic oxidation sites excluding steroid dienone is 1. The number of nitrogens with two attached hydrogens (primary N) is 1. The summed E-state index contributed by atoms with van der Waals surface area (Å²) in [6.07, 6.45) is -3.81. The van der Waals surface area contributed by atoms with E-state index in [4.69, 9.17) is 24.7 Å². The number of hydrogen-bond acceptors (Lipinski definition) is 17. The molecule has 3 aromatic carbocycles. The van der Waals surface area contributed by atoms with Gasteiger partial charge in [0, 0.05) is 53.3 Å². The molecule has 2 aliphatic carbocycles. The van der Waals surface area contributed by atoms with Crippen molar-refractivity contribution in [2.45, 2.75) is 111 Å². The fourth-order valence-corrected chi connectivity index (χ4v) is 10.1. The summed E-state index contributed by atoms with van der Waals surface area (Å²) in [4.78, 5) is 55.8. The first-order valence-corrected chi connectivity index (χ1v) is 21.3. The number of nitrogens with zero attached hydrogens (tertiary/aromatic N) is 1. The molecule has 1 amide bonds. The Bertz CT molecular complexity index is 2320. The summed E-state index contributed by atoms with van der Waals surface area (Å²) in [5, 5.41) is 66.3. The zero-order valence-corrected chi connectivity index (χ0v) is 34.2. The molecular weight excluding hydrogens is 819 g/mol. The van der Waals surface area contributed by atoms with Crippen LogP contribution in [0, 0.1) is 0 Å². The van der Waals surface area contributed by atoms with E-state index >= 15 is 0 Å². The van der Waals surface area contributed by atoms with Crippen molar-refractivity contribution in [3.63, 3.8) is 0 Å². The molecule has 3 saturated heterocycles. The van der Waals surface area contributed by atoms with Crippen LogP contribution in [0.15, 0.2) is 66.9 Å². The predicted octanol–water partition coefficient (Wildman–Crippen LogP) is 0.132. The SMILES string of the molecule is NC1NC(=O)C2NCN(c3ccccc3C3C=COC4(CCCCC4)C4OC(Oc5c3cc3c(c5OCC(O)CC=O)C(=O)c5ccccc5C3=O)C(O)(CCO)C(O)C4O)C2N1. The Morgan fingerprint density at radius 3 is 2.46 bits per heavy atom. The topological polar surface area (TPSA) is 272 Å². The van der Waals surface area contributed by atoms with E-state index in [9.17, 15) is 44.7 Å². The van der Waals surface area contributed by atoms with Gasteiger partial charge in [0.25, 0.3) is 0 Å². The van der Waals surface area contributed by atoms with Gasteiger partial charge in [0.05, 0.1) is 24.6 Å². The Kier molecular flexibility index (Phi) is 11.6. The van der Waals surface area contributed by atoms with Crippen LogP contribution in [0.2, 0.25) is 0 Å². The molecule has 18 nitrogen and oxygen atoms in total. The van der Waals surface area contributed by atoms with Gasteiger partial charge in [-0.3, -0.25) is 30.8 Å². The largest absolute Gasteiger partial charge is 0.492 e. The number of nitrogens with one attached hydrogen (secondary N) is 3. The summed E-state index contributed by atoms with van der Waals surface area (Å²) in [5.74, 6) is -2.97. The fourth-order valence-electron chi connectivity index (χ4n) is 10.1. The highest BCUT2D eigenvalue weighted by atomic mass is 16.7. The first-order valence-electron chi connectivity index (χ1n) is 21.3. The molecule has 4 aliphatic heterocycles. The molecule has 0 radical (unpaired) electrons. The Morgan fingerprint density at radius 1 is 0.984 bits per heavy atom. The summed E-state index contributed by atoms with van der Waals surface area (Å²) >= 11 is 0. The van der Waals surface area contributed by atoms with E-state index < -0.39 is 97.5 Å². The van der Waals surface area contributed by atoms with Gasteiger partial charge in [-0.1, -0.05) is 48.9 Å². The average molecular weight is 870 g/mol. The standard InChI is InChI=1S/C45H51N5O13/c46-43-48-40-32(41(58)49-43)47-22-50(40)30-11-5-4-8-25(30)24-13-19-61-44(14-6-1-7-15-44)39-35(56)38(57)45(59,16-18-52)42(63-39)62-36-28(24)20-29-31(37(36)60-21-23(53)12-17-51)34(55)27-10-3-2-9-26(27)33(29)54/h2-5,8-11,13,17,19-20,23-24,32,35,38-40,42-43,47-48,52-53,56-57,59H,1,6-7,12,14-16,18,21-22,46H2,(H,49,58). The number of aliphatic hydroxyl groups excluding tert-OH is 4. The van der Waals surface area contributed by atoms with Gasteiger partial charge in [0.2, 0.25) is 12.2 Å². The maximum absolute atomic E-state index is 14.7. The van der Waals surface area contributed by atoms with Crippen molar-refractivity contribution in [3.05, 3.63) is 100 Å². The number of rotatable bonds is 9. The number of anilines is 1. The minimum atomic E-state index is -2.48. The van der Waals surface area contributed by atoms with E-state index in [1.54, 1.807) is 24.3 Å². The van der Waals surface area contributed by atoms with Crippen molar-refractivity contribution < 1.29 is 63.7 Å². The number of ketones is 2. The highest BCUT2D eigenvalue weighted by Crippen LogP contribution is 2.52. The smallest absolute Gasteiger partial charge is 0.242 e. The van der Waals surface area contributed by atoms with Crippen molar-refractivity contribution in [3.8, 4) is 11.5 Å². The van der Waals surface area contributed by atoms with Crippen LogP contribution in [0.5, 0.6) is 11.5 Å². The molecule has 18 heteroatoms. The Hall–Kier alpha value is -5.28. The van der Waals surface area contributed by atoms with Crippen LogP contribution >= 0.6 is 0 Å². The second-order valence-corrected chi connectivity index (χ2v) is 17.0. The molecule has 334 valence electrons. The molecule has 2 bridgehead atoms. The molecule has 4 fully saturated rings. The number of aldehydes is 1. The number of amides is 1. The third kappa shape index (κ3) is 7.28. The number of benzene rings is 3. The highest BCUT2D eigenvalue weighted by molar-refractivity contribution is 6.29. The summed E-state index contributed by atoms with van der Waals surface area (Å²) < 4.78 is 26.5. The van der Waals surface area contributed by atoms with Crippen molar-refractivity contribution in [1.29, 1.82) is 0 Å². The number of hydrogen-bond donors (Lipinski definition) is 9. The molecule has 10 N–H and O–H groups in total. The van der Waals surface area contributed by atoms with Crippen LogP contribution in [0.4, 0.5) is 5.69 Å². The van der Waals surface area contributed by atoms with Crippen LogP contribution in [-0.4, -0.2) is 130 Å². The minimum absolute atomic E-state index is 0.0700. The van der Waals surface area contributed by atoms with E-state index in [1.807, 2.05) is 23.1 Å². The average Bonchev–Trinajstić information content (AvgIpc) is 3.70. The van der Waals surface area contributed by atoms with Crippen molar-refractivity contribution in [1.82, 2.24) is 16.0 Å². The lowest BCUT2D eigenvalue weighted by Crippen LogP contribution is -2.72. The predicted molar refractivity (Wildman–Crippen MR) is 222 cm³/mol. The molecule has 3 aromatic rings. The maximum atomic E-state index is 14.7. The molecule has 9 rings (SSSR count). The maximum Gasteiger partial charge on any atom is 0.242 e. The molecule has 63 heavy (non-hydrogen) atoms. The van der Waals surface area contributed by atoms with Gasteiger partial charge in [-0.05, 0) is 49.5 Å². The number of fused-ring (bicyclic) bond motifs is 7. The third-order valence-electron chi connectivity index (χ3n) is 13.3. The number of carbonyl (C=O) groups excluding carboxylic acids is 4. The monoisotopic (exact) mass is 869 g/mol. The number of aliphatic hydroxyl groups is 5. The summed E-state index contributed by atoms with van der Waals surface area (Å²) in [7, 11) is 0. The zero-order chi connectivity index (χ0) is 44.2. The van der Waals surface area contributed by atoms with Crippen molar-refractivity contribution in [2.75, 3.05) is 24.8 Å². The fraction of sp³-hybridized carbons (Fsp3) is 0.467. The molecule has 10 atom stereocenters. The normalized spacial score (nSPS) is 31.3. The number of ether oxygens (including phenoxy) is 4. The van der Waals surface area contributed by atoms with E-state index in [1.165, 1.54) is 24.5 Å². The quantitative estimate of drug-likeness (QED) is 0.101. The Labute approximate surface area is 361 Å². The molecule has 1 saturated carbocycles. The number of carbonyl (C=O) groups is 4. The van der Waals surface area contributed by atoms with Crippen molar-refractivity contribution >= 4 is 29.4 Å². The van der Waals surface area contributed by atoms with Gasteiger partial charge in [-0.2, -0.15) is 0 Å². The second-order valence-electron chi connectivity index (χ2n) is 17.0. The van der Waals surface area contributed by atoms with Gasteiger partial charge in [-0.25, -0.2) is 0 Å². The molecule has 10 unspecified atom stereocenters. The minimum Gasteiger partial charge on any atom is -0.492 e. The lowest BCUT2D eigenvalue weighted by atomic mass is 9.73. The summed E-state index contributed by atoms with van der Waals surface area (Å²) in [5.41, 5.74) is 3.76. The van der Waals surface area contributed by atoms with Gasteiger partial charge in [0.1, 0.15) is 55.3 Å². The molecule has 4 heterocycles. The van der Waals surface area contributed by atoms with E-state index in [-0.39, 0.29) is 58.3 Å².